The number of rotatable bonds is 6. The molecule has 0 saturated carbocycles. The first-order valence-corrected chi connectivity index (χ1v) is 9.54. The maximum atomic E-state index is 12.3. The third kappa shape index (κ3) is 3.87. The molecule has 2 aromatic heterocycles. The zero-order valence-corrected chi connectivity index (χ0v) is 16.3. The molecule has 5 nitrogen and oxygen atoms in total. The number of halogens is 2. The smallest absolute Gasteiger partial charge is 0.236 e. The molecular weight excluding hydrogens is 391 g/mol. The number of hydrogen-bond donors (Lipinski definition) is 1. The second-order valence-corrected chi connectivity index (χ2v) is 7.24. The van der Waals surface area contributed by atoms with E-state index in [1.807, 2.05) is 28.8 Å². The van der Waals surface area contributed by atoms with Gasteiger partial charge in [-0.2, -0.15) is 0 Å². The molecule has 2 heterocycles. The van der Waals surface area contributed by atoms with Crippen LogP contribution in [-0.4, -0.2) is 26.2 Å². The lowest BCUT2D eigenvalue weighted by atomic mass is 10.3. The third-order valence-electron chi connectivity index (χ3n) is 3.72. The van der Waals surface area contributed by atoms with E-state index < -0.39 is 0 Å². The van der Waals surface area contributed by atoms with Crippen molar-refractivity contribution >= 4 is 57.7 Å². The Morgan fingerprint density at radius 1 is 1.38 bits per heavy atom. The first-order chi connectivity index (χ1) is 12.5. The molecular formula is C18H16Cl2N4OS. The number of benzene rings is 1. The van der Waals surface area contributed by atoms with Crippen LogP contribution in [0.3, 0.4) is 0 Å². The Balaban J connectivity index is 1.74. The lowest BCUT2D eigenvalue weighted by Crippen LogP contribution is -2.16. The highest BCUT2D eigenvalue weighted by molar-refractivity contribution is 7.99. The van der Waals surface area contributed by atoms with Gasteiger partial charge in [-0.3, -0.25) is 4.79 Å². The van der Waals surface area contributed by atoms with Crippen molar-refractivity contribution in [3.05, 3.63) is 58.7 Å². The standard InChI is InChI=1S/C18H16Cl2N4OS/c1-3-8-24-14-7-5-4-6-13(14)22-18(24)26-10-15(25)23-17-16(20)11(2)12(19)9-21-17/h3-7,9H,1,8,10H2,2H3,(H,21,23,25). The van der Waals surface area contributed by atoms with E-state index in [2.05, 4.69) is 21.9 Å². The molecule has 0 atom stereocenters. The Hall–Kier alpha value is -2.02. The minimum atomic E-state index is -0.219. The Morgan fingerprint density at radius 3 is 2.92 bits per heavy atom. The van der Waals surface area contributed by atoms with Crippen molar-refractivity contribution in [3.63, 3.8) is 0 Å². The van der Waals surface area contributed by atoms with Gasteiger partial charge in [-0.25, -0.2) is 9.97 Å². The predicted molar refractivity (Wildman–Crippen MR) is 108 cm³/mol. The van der Waals surface area contributed by atoms with Crippen LogP contribution in [0, 0.1) is 6.92 Å². The lowest BCUT2D eigenvalue weighted by molar-refractivity contribution is -0.113. The quantitative estimate of drug-likeness (QED) is 0.463. The summed E-state index contributed by atoms with van der Waals surface area (Å²) in [5, 5.41) is 4.27. The van der Waals surface area contributed by atoms with Crippen molar-refractivity contribution in [1.82, 2.24) is 14.5 Å². The predicted octanol–water partition coefficient (Wildman–Crippen LogP) is 4.96. The topological polar surface area (TPSA) is 59.8 Å². The number of carbonyl (C=O) groups excluding carboxylic acids is 1. The highest BCUT2D eigenvalue weighted by Gasteiger charge is 2.14. The van der Waals surface area contributed by atoms with Crippen LogP contribution in [0.2, 0.25) is 10.0 Å². The van der Waals surface area contributed by atoms with Crippen molar-refractivity contribution in [3.8, 4) is 0 Å². The van der Waals surface area contributed by atoms with Gasteiger partial charge in [0.05, 0.1) is 26.8 Å². The normalized spacial score (nSPS) is 10.9. The van der Waals surface area contributed by atoms with E-state index in [0.717, 1.165) is 16.2 Å². The van der Waals surface area contributed by atoms with Crippen LogP contribution in [0.1, 0.15) is 5.56 Å². The number of anilines is 1. The molecule has 26 heavy (non-hydrogen) atoms. The van der Waals surface area contributed by atoms with Crippen LogP contribution in [0.4, 0.5) is 5.82 Å². The average molecular weight is 407 g/mol. The molecule has 0 aliphatic rings. The number of para-hydroxylation sites is 2. The number of nitrogens with one attached hydrogen (secondary N) is 1. The summed E-state index contributed by atoms with van der Waals surface area (Å²) >= 11 is 13.5. The molecule has 0 aliphatic heterocycles. The second-order valence-electron chi connectivity index (χ2n) is 5.51. The Kier molecular flexibility index (Phi) is 5.86. The van der Waals surface area contributed by atoms with E-state index in [0.29, 0.717) is 28.0 Å². The number of allylic oxidation sites excluding steroid dienone is 1. The maximum Gasteiger partial charge on any atom is 0.236 e. The van der Waals surface area contributed by atoms with Crippen molar-refractivity contribution in [2.24, 2.45) is 0 Å². The fraction of sp³-hybridized carbons (Fsp3) is 0.167. The third-order valence-corrected chi connectivity index (χ3v) is 5.54. The molecule has 134 valence electrons. The van der Waals surface area contributed by atoms with Crippen LogP contribution in [0.15, 0.2) is 48.3 Å². The minimum absolute atomic E-state index is 0.181. The number of carbonyl (C=O) groups is 1. The number of thioether (sulfide) groups is 1. The summed E-state index contributed by atoms with van der Waals surface area (Å²) in [4.78, 5) is 21.0. The zero-order chi connectivity index (χ0) is 18.7. The molecule has 8 heteroatoms. The average Bonchev–Trinajstić information content (AvgIpc) is 2.99. The number of aromatic nitrogens is 3. The van der Waals surface area contributed by atoms with Gasteiger partial charge in [0, 0.05) is 12.7 Å². The summed E-state index contributed by atoms with van der Waals surface area (Å²) in [6.07, 6.45) is 3.27. The summed E-state index contributed by atoms with van der Waals surface area (Å²) in [7, 11) is 0. The van der Waals surface area contributed by atoms with Gasteiger partial charge >= 0.3 is 0 Å². The molecule has 0 saturated heterocycles. The fourth-order valence-electron chi connectivity index (χ4n) is 2.41. The Morgan fingerprint density at radius 2 is 2.15 bits per heavy atom. The van der Waals surface area contributed by atoms with Crippen LogP contribution >= 0.6 is 35.0 Å². The molecule has 0 radical (unpaired) electrons. The van der Waals surface area contributed by atoms with Gasteiger partial charge in [-0.05, 0) is 24.6 Å². The first-order valence-electron chi connectivity index (χ1n) is 7.80. The van der Waals surface area contributed by atoms with E-state index in [1.54, 1.807) is 13.0 Å². The van der Waals surface area contributed by atoms with Crippen LogP contribution in [0.5, 0.6) is 0 Å². The van der Waals surface area contributed by atoms with Gasteiger partial charge in [-0.1, -0.05) is 53.2 Å². The fourth-order valence-corrected chi connectivity index (χ4v) is 3.63. The van der Waals surface area contributed by atoms with E-state index in [-0.39, 0.29) is 11.7 Å². The largest absolute Gasteiger partial charge is 0.315 e. The minimum Gasteiger partial charge on any atom is -0.315 e. The maximum absolute atomic E-state index is 12.3. The van der Waals surface area contributed by atoms with Crippen LogP contribution < -0.4 is 5.32 Å². The van der Waals surface area contributed by atoms with Gasteiger partial charge in [0.1, 0.15) is 0 Å². The number of imidazole rings is 1. The van der Waals surface area contributed by atoms with Gasteiger partial charge in [-0.15, -0.1) is 6.58 Å². The van der Waals surface area contributed by atoms with Crippen molar-refractivity contribution in [1.29, 1.82) is 0 Å². The first kappa shape index (κ1) is 18.8. The van der Waals surface area contributed by atoms with Crippen LogP contribution in [0.25, 0.3) is 11.0 Å². The molecule has 0 aliphatic carbocycles. The van der Waals surface area contributed by atoms with E-state index in [9.17, 15) is 4.79 Å². The van der Waals surface area contributed by atoms with Crippen LogP contribution in [-0.2, 0) is 11.3 Å². The Labute approximate surface area is 165 Å². The van der Waals surface area contributed by atoms with Gasteiger partial charge in [0.15, 0.2) is 11.0 Å². The number of hydrogen-bond acceptors (Lipinski definition) is 4. The SMILES string of the molecule is C=CCn1c(SCC(=O)Nc2ncc(Cl)c(C)c2Cl)nc2ccccc21. The summed E-state index contributed by atoms with van der Waals surface area (Å²) in [5.74, 6) is 0.266. The van der Waals surface area contributed by atoms with Crippen molar-refractivity contribution in [2.45, 2.75) is 18.6 Å². The molecule has 0 unspecified atom stereocenters. The van der Waals surface area contributed by atoms with Crippen molar-refractivity contribution in [2.75, 3.05) is 11.1 Å². The summed E-state index contributed by atoms with van der Waals surface area (Å²) in [6.45, 7) is 6.18. The Bertz CT molecular complexity index is 987. The van der Waals surface area contributed by atoms with E-state index in [4.69, 9.17) is 23.2 Å². The van der Waals surface area contributed by atoms with Gasteiger partial charge in [0.2, 0.25) is 5.91 Å². The number of pyridine rings is 1. The lowest BCUT2D eigenvalue weighted by Gasteiger charge is -2.09. The monoisotopic (exact) mass is 406 g/mol. The summed E-state index contributed by atoms with van der Waals surface area (Å²) in [5.41, 5.74) is 2.57. The number of fused-ring (bicyclic) bond motifs is 1. The van der Waals surface area contributed by atoms with E-state index in [1.165, 1.54) is 18.0 Å². The number of amides is 1. The van der Waals surface area contributed by atoms with Gasteiger partial charge < -0.3 is 9.88 Å². The molecule has 1 amide bonds. The zero-order valence-electron chi connectivity index (χ0n) is 14.0. The highest BCUT2D eigenvalue weighted by atomic mass is 35.5. The molecule has 3 aromatic rings. The van der Waals surface area contributed by atoms with Gasteiger partial charge in [0.25, 0.3) is 0 Å². The molecule has 3 rings (SSSR count). The number of nitrogens with zero attached hydrogens (tertiary/aromatic N) is 3. The summed E-state index contributed by atoms with van der Waals surface area (Å²) < 4.78 is 2.03. The molecule has 0 bridgehead atoms. The summed E-state index contributed by atoms with van der Waals surface area (Å²) in [6, 6.07) is 7.84. The second kappa shape index (κ2) is 8.12. The van der Waals surface area contributed by atoms with E-state index >= 15 is 0 Å². The molecule has 1 aromatic carbocycles. The van der Waals surface area contributed by atoms with Crippen molar-refractivity contribution < 1.29 is 4.79 Å². The molecule has 1 N–H and O–H groups in total. The molecule has 0 fully saturated rings. The molecule has 0 spiro atoms. The highest BCUT2D eigenvalue weighted by Crippen LogP contribution is 2.29.